The van der Waals surface area contributed by atoms with Gasteiger partial charge in [0.1, 0.15) is 0 Å². The first-order valence-corrected chi connectivity index (χ1v) is 3.39. The molecule has 0 heterocycles. The molecule has 0 aliphatic carbocycles. The van der Waals surface area contributed by atoms with Gasteiger partial charge in [-0.05, 0) is 0 Å². The predicted octanol–water partition coefficient (Wildman–Crippen LogP) is 0.300. The van der Waals surface area contributed by atoms with Crippen molar-refractivity contribution in [3.63, 3.8) is 0 Å². The summed E-state index contributed by atoms with van der Waals surface area (Å²) in [6, 6.07) is 0. The molecule has 2 atom stereocenters. The summed E-state index contributed by atoms with van der Waals surface area (Å²) >= 11 is 0. The van der Waals surface area contributed by atoms with Crippen LogP contribution >= 0.6 is 16.5 Å². The van der Waals surface area contributed by atoms with E-state index < -0.39 is 16.5 Å². The van der Waals surface area contributed by atoms with Crippen molar-refractivity contribution in [3.05, 3.63) is 0 Å². The van der Waals surface area contributed by atoms with Gasteiger partial charge in [0.05, 0.1) is 0 Å². The summed E-state index contributed by atoms with van der Waals surface area (Å²) in [5, 5.41) is 0. The summed E-state index contributed by atoms with van der Waals surface area (Å²) in [7, 11) is -5.85. The Morgan fingerprint density at radius 2 is 1.38 bits per heavy atom. The zero-order valence-electron chi connectivity index (χ0n) is 3.46. The number of hydrogen-bond donors (Lipinski definition) is 2. The quantitative estimate of drug-likeness (QED) is 0.618. The van der Waals surface area contributed by atoms with Crippen LogP contribution in [0.5, 0.6) is 0 Å². The van der Waals surface area contributed by atoms with Crippen LogP contribution in [-0.2, 0) is 32.0 Å². The third-order valence-corrected chi connectivity index (χ3v) is 1.26. The third kappa shape index (κ3) is 9.83. The third-order valence-electron chi connectivity index (χ3n) is 0.140. The molecule has 1 radical (unpaired) electrons. The van der Waals surface area contributed by atoms with Gasteiger partial charge < -0.3 is 0 Å². The van der Waals surface area contributed by atoms with Gasteiger partial charge in [-0.1, -0.05) is 0 Å². The molecule has 0 aliphatic heterocycles. The minimum Gasteiger partial charge on any atom is -0.131 e. The van der Waals surface area contributed by atoms with E-state index in [1.807, 2.05) is 0 Å². The first-order chi connectivity index (χ1) is 3.13. The maximum atomic E-state index is 9.39. The van der Waals surface area contributed by atoms with Gasteiger partial charge in [-0.15, -0.1) is 9.79 Å². The molecule has 0 saturated carbocycles. The summed E-state index contributed by atoms with van der Waals surface area (Å²) in [5.74, 6) is 0. The molecule has 0 aromatic heterocycles. The fourth-order valence-electron chi connectivity index (χ4n) is 0.0598. The molecular weight excluding hydrogens is 193 g/mol. The number of rotatable bonds is 2. The zero-order valence-corrected chi connectivity index (χ0v) is 6.65. The average Bonchev–Trinajstić information content (AvgIpc) is 1.27. The molecular formula is H2O5P2V+2. The maximum Gasteiger partial charge on any atom is 0.745 e. The summed E-state index contributed by atoms with van der Waals surface area (Å²) in [6.45, 7) is 0. The second-order valence-electron chi connectivity index (χ2n) is 0.557. The predicted molar refractivity (Wildman–Crippen MR) is 20.7 cm³/mol. The SMILES string of the molecule is O=[P+](O)O[P+](=O)O.[V]. The Bertz CT molecular complexity index is 86.6. The molecule has 0 spiro atoms. The first-order valence-electron chi connectivity index (χ1n) is 1.13. The van der Waals surface area contributed by atoms with Crippen molar-refractivity contribution in [1.82, 2.24) is 0 Å². The van der Waals surface area contributed by atoms with E-state index in [-0.39, 0.29) is 18.6 Å². The van der Waals surface area contributed by atoms with Crippen molar-refractivity contribution in [2.75, 3.05) is 0 Å². The molecule has 2 unspecified atom stereocenters. The van der Waals surface area contributed by atoms with E-state index >= 15 is 0 Å². The summed E-state index contributed by atoms with van der Waals surface area (Å²) in [5.41, 5.74) is 0. The van der Waals surface area contributed by atoms with Crippen LogP contribution in [-0.4, -0.2) is 9.79 Å². The maximum absolute atomic E-state index is 9.39. The van der Waals surface area contributed by atoms with Gasteiger partial charge in [-0.2, -0.15) is 0 Å². The van der Waals surface area contributed by atoms with Crippen LogP contribution in [0.4, 0.5) is 0 Å². The topological polar surface area (TPSA) is 83.8 Å². The van der Waals surface area contributed by atoms with Crippen LogP contribution in [0.25, 0.3) is 0 Å². The normalized spacial score (nSPS) is 11.8. The molecule has 5 nitrogen and oxygen atoms in total. The minimum atomic E-state index is -2.92. The smallest absolute Gasteiger partial charge is 0.131 e. The van der Waals surface area contributed by atoms with Crippen molar-refractivity contribution >= 4 is 16.5 Å². The molecule has 2 N–H and O–H groups in total. The van der Waals surface area contributed by atoms with Gasteiger partial charge in [0.15, 0.2) is 4.31 Å². The van der Waals surface area contributed by atoms with Crippen molar-refractivity contribution in [1.29, 1.82) is 0 Å². The molecule has 0 aliphatic rings. The number of hydrogen-bond acceptors (Lipinski definition) is 3. The van der Waals surface area contributed by atoms with Crippen LogP contribution in [0, 0.1) is 0 Å². The van der Waals surface area contributed by atoms with Gasteiger partial charge in [-0.25, -0.2) is 0 Å². The molecule has 8 heteroatoms. The van der Waals surface area contributed by atoms with E-state index in [0.717, 1.165) is 0 Å². The standard InChI is InChI=1S/O5P2.V/c1-6(2)5-7(3)4;/p+2. The fraction of sp³-hybridized carbons (Fsp3) is 0. The zero-order chi connectivity index (χ0) is 5.86. The fourth-order valence-corrected chi connectivity index (χ4v) is 0.538. The Kier molecular flexibility index (Phi) is 8.30. The first kappa shape index (κ1) is 11.5. The molecule has 45 valence electrons. The summed E-state index contributed by atoms with van der Waals surface area (Å²) in [4.78, 5) is 15.3. The van der Waals surface area contributed by atoms with Gasteiger partial charge in [0.2, 0.25) is 0 Å². The van der Waals surface area contributed by atoms with Crippen molar-refractivity contribution in [2.45, 2.75) is 0 Å². The second kappa shape index (κ2) is 5.79. The Hall–Kier alpha value is 0.664. The monoisotopic (exact) mass is 195 g/mol. The molecule has 0 saturated heterocycles. The Balaban J connectivity index is 0. The van der Waals surface area contributed by atoms with E-state index in [9.17, 15) is 9.13 Å². The van der Waals surface area contributed by atoms with E-state index in [4.69, 9.17) is 9.79 Å². The van der Waals surface area contributed by atoms with Crippen molar-refractivity contribution in [3.8, 4) is 0 Å². The van der Waals surface area contributed by atoms with Crippen LogP contribution in [0.1, 0.15) is 0 Å². The minimum absolute atomic E-state index is 0. The molecule has 8 heavy (non-hydrogen) atoms. The molecule has 0 aromatic carbocycles. The molecule has 0 rings (SSSR count). The largest absolute Gasteiger partial charge is 0.745 e. The average molecular weight is 195 g/mol. The Morgan fingerprint density at radius 1 is 1.12 bits per heavy atom. The van der Waals surface area contributed by atoms with Gasteiger partial charge in [0, 0.05) is 27.7 Å². The van der Waals surface area contributed by atoms with E-state index in [2.05, 4.69) is 4.31 Å². The Morgan fingerprint density at radius 3 is 1.38 bits per heavy atom. The second-order valence-corrected chi connectivity index (χ2v) is 2.16. The van der Waals surface area contributed by atoms with Gasteiger partial charge in [0.25, 0.3) is 0 Å². The van der Waals surface area contributed by atoms with Gasteiger partial charge in [-0.3, -0.25) is 0 Å². The Labute approximate surface area is 58.8 Å². The van der Waals surface area contributed by atoms with Crippen LogP contribution in [0.2, 0.25) is 0 Å². The molecule has 0 fully saturated rings. The van der Waals surface area contributed by atoms with Gasteiger partial charge >= 0.3 is 16.5 Å². The van der Waals surface area contributed by atoms with Crippen LogP contribution < -0.4 is 0 Å². The molecule has 0 bridgehead atoms. The van der Waals surface area contributed by atoms with E-state index in [0.29, 0.717) is 0 Å². The van der Waals surface area contributed by atoms with Crippen molar-refractivity contribution < 1.29 is 41.8 Å². The van der Waals surface area contributed by atoms with E-state index in [1.165, 1.54) is 0 Å². The molecule has 0 aromatic rings. The van der Waals surface area contributed by atoms with Crippen LogP contribution in [0.15, 0.2) is 0 Å². The van der Waals surface area contributed by atoms with Crippen molar-refractivity contribution in [2.24, 2.45) is 0 Å². The van der Waals surface area contributed by atoms with Crippen LogP contribution in [0.3, 0.4) is 0 Å². The van der Waals surface area contributed by atoms with E-state index in [1.54, 1.807) is 0 Å². The molecule has 0 amide bonds. The summed E-state index contributed by atoms with van der Waals surface area (Å²) < 4.78 is 22.2. The summed E-state index contributed by atoms with van der Waals surface area (Å²) in [6.07, 6.45) is 0.